The molecule has 1 radical (unpaired) electrons. The van der Waals surface area contributed by atoms with Gasteiger partial charge in [-0.15, -0.1) is 0 Å². The van der Waals surface area contributed by atoms with Crippen LogP contribution in [0.3, 0.4) is 0 Å². The number of hydrogen-bond donors (Lipinski definition) is 1. The number of hydrogen-bond acceptors (Lipinski definition) is 2. The highest BCUT2D eigenvalue weighted by molar-refractivity contribution is 5.35. The molecule has 3 nitrogen and oxygen atoms in total. The molecule has 0 saturated heterocycles. The Labute approximate surface area is 76.8 Å². The first-order valence-corrected chi connectivity index (χ1v) is 4.10. The van der Waals surface area contributed by atoms with E-state index in [9.17, 15) is 0 Å². The van der Waals surface area contributed by atoms with Crippen molar-refractivity contribution in [2.24, 2.45) is 5.73 Å². The second-order valence-corrected chi connectivity index (χ2v) is 2.77. The van der Waals surface area contributed by atoms with E-state index in [4.69, 9.17) is 5.73 Å². The number of nitrogens with zero attached hydrogens (tertiary/aromatic N) is 2. The Bertz CT molecular complexity index is 379. The van der Waals surface area contributed by atoms with Crippen LogP contribution in [0.15, 0.2) is 36.7 Å². The van der Waals surface area contributed by atoms with Crippen molar-refractivity contribution in [1.82, 2.24) is 9.55 Å². The van der Waals surface area contributed by atoms with Crippen LogP contribution in [0.1, 0.15) is 5.56 Å². The average Bonchev–Trinajstić information content (AvgIpc) is 2.71. The maximum Gasteiger partial charge on any atom is 0.181 e. The van der Waals surface area contributed by atoms with Crippen LogP contribution in [0.25, 0.3) is 5.69 Å². The van der Waals surface area contributed by atoms with Gasteiger partial charge in [0.2, 0.25) is 0 Å². The molecule has 0 spiro atoms. The molecule has 0 aliphatic rings. The van der Waals surface area contributed by atoms with E-state index >= 15 is 0 Å². The summed E-state index contributed by atoms with van der Waals surface area (Å²) in [5, 5.41) is 0. The van der Waals surface area contributed by atoms with E-state index in [1.54, 1.807) is 6.20 Å². The molecule has 1 heterocycles. The van der Waals surface area contributed by atoms with Gasteiger partial charge in [0.25, 0.3) is 0 Å². The molecular formula is C10H10N3. The minimum absolute atomic E-state index is 0.558. The van der Waals surface area contributed by atoms with E-state index in [1.807, 2.05) is 35.0 Å². The zero-order chi connectivity index (χ0) is 9.10. The minimum Gasteiger partial charge on any atom is -0.326 e. The van der Waals surface area contributed by atoms with Gasteiger partial charge in [0.05, 0.1) is 0 Å². The predicted octanol–water partition coefficient (Wildman–Crippen LogP) is 1.13. The lowest BCUT2D eigenvalue weighted by molar-refractivity contribution is 1.02. The van der Waals surface area contributed by atoms with Crippen LogP contribution in [0.5, 0.6) is 0 Å². The monoisotopic (exact) mass is 172 g/mol. The third-order valence-corrected chi connectivity index (χ3v) is 1.88. The molecule has 0 amide bonds. The first kappa shape index (κ1) is 8.01. The lowest BCUT2D eigenvalue weighted by atomic mass is 10.2. The fourth-order valence-corrected chi connectivity index (χ4v) is 1.21. The maximum atomic E-state index is 5.54. The van der Waals surface area contributed by atoms with Crippen LogP contribution in [0.4, 0.5) is 0 Å². The van der Waals surface area contributed by atoms with E-state index in [0.717, 1.165) is 11.3 Å². The summed E-state index contributed by atoms with van der Waals surface area (Å²) >= 11 is 0. The number of imidazole rings is 1. The molecule has 2 aromatic rings. The Morgan fingerprint density at radius 1 is 1.46 bits per heavy atom. The van der Waals surface area contributed by atoms with Gasteiger partial charge >= 0.3 is 0 Å². The molecule has 65 valence electrons. The molecule has 1 aromatic heterocycles. The summed E-state index contributed by atoms with van der Waals surface area (Å²) in [6.07, 6.45) is 6.39. The molecule has 0 aliphatic carbocycles. The number of aromatic nitrogens is 2. The van der Waals surface area contributed by atoms with Crippen molar-refractivity contribution in [1.29, 1.82) is 0 Å². The van der Waals surface area contributed by atoms with Gasteiger partial charge in [-0.2, -0.15) is 0 Å². The number of benzene rings is 1. The largest absolute Gasteiger partial charge is 0.326 e. The summed E-state index contributed by atoms with van der Waals surface area (Å²) in [5.41, 5.74) is 7.69. The summed E-state index contributed by atoms with van der Waals surface area (Å²) in [4.78, 5) is 3.86. The average molecular weight is 172 g/mol. The normalized spacial score (nSPS) is 10.2. The van der Waals surface area contributed by atoms with Gasteiger partial charge in [0, 0.05) is 24.6 Å². The van der Waals surface area contributed by atoms with Crippen molar-refractivity contribution in [2.75, 3.05) is 0 Å². The number of nitrogens with two attached hydrogens (primary N) is 1. The third kappa shape index (κ3) is 1.60. The molecule has 0 saturated carbocycles. The first-order chi connectivity index (χ1) is 6.40. The van der Waals surface area contributed by atoms with Gasteiger partial charge in [-0.05, 0) is 17.7 Å². The SMILES string of the molecule is NCc1cccc(-n2[c]ncc2)c1. The van der Waals surface area contributed by atoms with Gasteiger partial charge in [-0.3, -0.25) is 4.57 Å². The Morgan fingerprint density at radius 3 is 3.08 bits per heavy atom. The zero-order valence-corrected chi connectivity index (χ0v) is 7.14. The molecule has 1 aromatic carbocycles. The highest BCUT2D eigenvalue weighted by atomic mass is 15.0. The van der Waals surface area contributed by atoms with Gasteiger partial charge in [0.15, 0.2) is 6.33 Å². The van der Waals surface area contributed by atoms with Crippen LogP contribution >= 0.6 is 0 Å². The summed E-state index contributed by atoms with van der Waals surface area (Å²) in [6, 6.07) is 8.00. The summed E-state index contributed by atoms with van der Waals surface area (Å²) in [5.74, 6) is 0. The van der Waals surface area contributed by atoms with Crippen molar-refractivity contribution < 1.29 is 0 Å². The lowest BCUT2D eigenvalue weighted by Crippen LogP contribution is -1.98. The molecule has 0 bridgehead atoms. The van der Waals surface area contributed by atoms with Crippen LogP contribution in [0, 0.1) is 6.33 Å². The molecule has 0 unspecified atom stereocenters. The summed E-state index contributed by atoms with van der Waals surface area (Å²) < 4.78 is 1.83. The fraction of sp³-hybridized carbons (Fsp3) is 0.100. The highest BCUT2D eigenvalue weighted by Crippen LogP contribution is 2.08. The van der Waals surface area contributed by atoms with Gasteiger partial charge < -0.3 is 5.73 Å². The quantitative estimate of drug-likeness (QED) is 0.738. The molecule has 2 N–H and O–H groups in total. The van der Waals surface area contributed by atoms with E-state index in [1.165, 1.54) is 0 Å². The van der Waals surface area contributed by atoms with E-state index in [-0.39, 0.29) is 0 Å². The second kappa shape index (κ2) is 3.41. The fourth-order valence-electron chi connectivity index (χ4n) is 1.21. The van der Waals surface area contributed by atoms with Crippen molar-refractivity contribution in [3.63, 3.8) is 0 Å². The molecule has 0 atom stereocenters. The maximum absolute atomic E-state index is 5.54. The minimum atomic E-state index is 0.558. The van der Waals surface area contributed by atoms with E-state index < -0.39 is 0 Å². The zero-order valence-electron chi connectivity index (χ0n) is 7.14. The van der Waals surface area contributed by atoms with Crippen LogP contribution in [-0.2, 0) is 6.54 Å². The Kier molecular flexibility index (Phi) is 2.10. The van der Waals surface area contributed by atoms with Crippen LogP contribution in [-0.4, -0.2) is 9.55 Å². The number of rotatable bonds is 2. The third-order valence-electron chi connectivity index (χ3n) is 1.88. The van der Waals surface area contributed by atoms with Crippen molar-refractivity contribution in [3.05, 3.63) is 48.5 Å². The Hall–Kier alpha value is -1.61. The van der Waals surface area contributed by atoms with Crippen LogP contribution in [0.2, 0.25) is 0 Å². The standard InChI is InChI=1S/C10H10N3/c11-7-9-2-1-3-10(6-9)13-5-4-12-8-13/h1-6H,7,11H2. The van der Waals surface area contributed by atoms with Gasteiger partial charge in [-0.1, -0.05) is 12.1 Å². The van der Waals surface area contributed by atoms with Gasteiger partial charge in [-0.25, -0.2) is 4.98 Å². The lowest BCUT2D eigenvalue weighted by Gasteiger charge is -2.02. The molecular weight excluding hydrogens is 162 g/mol. The van der Waals surface area contributed by atoms with Gasteiger partial charge in [0.1, 0.15) is 0 Å². The Morgan fingerprint density at radius 2 is 2.38 bits per heavy atom. The van der Waals surface area contributed by atoms with Crippen LogP contribution < -0.4 is 5.73 Å². The highest BCUT2D eigenvalue weighted by Gasteiger charge is 1.95. The Balaban J connectivity index is 2.41. The molecule has 0 aliphatic heterocycles. The van der Waals surface area contributed by atoms with E-state index in [2.05, 4.69) is 11.3 Å². The molecule has 2 rings (SSSR count). The smallest absolute Gasteiger partial charge is 0.181 e. The summed E-state index contributed by atoms with van der Waals surface area (Å²) in [6.45, 7) is 0.558. The topological polar surface area (TPSA) is 43.8 Å². The van der Waals surface area contributed by atoms with Crippen molar-refractivity contribution in [3.8, 4) is 5.69 Å². The second-order valence-electron chi connectivity index (χ2n) is 2.77. The van der Waals surface area contributed by atoms with Crippen molar-refractivity contribution in [2.45, 2.75) is 6.54 Å². The molecule has 0 fully saturated rings. The predicted molar refractivity (Wildman–Crippen MR) is 50.3 cm³/mol. The van der Waals surface area contributed by atoms with Crippen molar-refractivity contribution >= 4 is 0 Å². The van der Waals surface area contributed by atoms with E-state index in [0.29, 0.717) is 6.54 Å². The molecule has 3 heteroatoms. The molecule has 13 heavy (non-hydrogen) atoms. The summed E-state index contributed by atoms with van der Waals surface area (Å²) in [7, 11) is 0. The first-order valence-electron chi connectivity index (χ1n) is 4.10.